The van der Waals surface area contributed by atoms with E-state index in [9.17, 15) is 19.2 Å². The number of hydrogen-bond donors (Lipinski definition) is 3. The maximum Gasteiger partial charge on any atom is 0.234 e. The minimum atomic E-state index is -0.260. The molecule has 306 valence electrons. The van der Waals surface area contributed by atoms with Crippen LogP contribution in [0.5, 0.6) is 0 Å². The summed E-state index contributed by atoms with van der Waals surface area (Å²) in [7, 11) is 1.87. The summed E-state index contributed by atoms with van der Waals surface area (Å²) >= 11 is 7.15. The summed E-state index contributed by atoms with van der Waals surface area (Å²) in [6.45, 7) is 12.1. The Kier molecular flexibility index (Phi) is 12.9. The molecule has 4 fully saturated rings. The zero-order valence-electron chi connectivity index (χ0n) is 33.3. The summed E-state index contributed by atoms with van der Waals surface area (Å²) < 4.78 is 0. The number of anilines is 5. The summed E-state index contributed by atoms with van der Waals surface area (Å²) in [6.07, 6.45) is 5.78. The number of thiazole rings is 1. The number of likely N-dealkylation sites (tertiary alicyclic amines) is 1. The molecule has 58 heavy (non-hydrogen) atoms. The SMILES string of the molecule is CNc1c(C)cccc1Cl.Cc1nc(Nc2ncc(C=O)s2)cc(N2CCN(CCCCC(=O)N3CC4(C3)CN(c3ccc(C5CCC(=O)NC5=O)cc3)C4)CC2)n1. The number of imide groups is 1. The Morgan fingerprint density at radius 1 is 1.00 bits per heavy atom. The third-order valence-corrected chi connectivity index (χ3v) is 12.5. The molecule has 0 saturated carbocycles. The molecule has 4 saturated heterocycles. The first-order valence-electron chi connectivity index (χ1n) is 19.9. The number of carbonyl (C=O) groups excluding carboxylic acids is 4. The van der Waals surface area contributed by atoms with Crippen LogP contribution in [0.2, 0.25) is 5.02 Å². The molecule has 6 heterocycles. The lowest BCUT2D eigenvalue weighted by atomic mass is 9.72. The second-order valence-corrected chi connectivity index (χ2v) is 17.1. The van der Waals surface area contributed by atoms with Gasteiger partial charge in [0.1, 0.15) is 17.5 Å². The molecular formula is C42H51ClN10O4S. The van der Waals surface area contributed by atoms with Crippen molar-refractivity contribution in [3.05, 3.63) is 81.6 Å². The number of nitrogens with zero attached hydrogens (tertiary/aromatic N) is 7. The first kappa shape index (κ1) is 41.1. The van der Waals surface area contributed by atoms with Crippen molar-refractivity contribution in [2.75, 3.05) is 86.4 Å². The Morgan fingerprint density at radius 2 is 1.76 bits per heavy atom. The van der Waals surface area contributed by atoms with Crippen LogP contribution >= 0.6 is 22.9 Å². The summed E-state index contributed by atoms with van der Waals surface area (Å²) in [5.74, 6) is 1.83. The zero-order valence-corrected chi connectivity index (χ0v) is 34.9. The number of unbranched alkanes of at least 4 members (excludes halogenated alkanes) is 1. The number of piperazine rings is 1. The molecule has 3 amide bonds. The molecule has 3 N–H and O–H groups in total. The minimum Gasteiger partial charge on any atom is -0.387 e. The predicted octanol–water partition coefficient (Wildman–Crippen LogP) is 5.65. The minimum absolute atomic E-state index is 0.192. The van der Waals surface area contributed by atoms with Gasteiger partial charge in [0, 0.05) is 89.4 Å². The van der Waals surface area contributed by atoms with E-state index in [2.05, 4.69) is 57.7 Å². The van der Waals surface area contributed by atoms with Crippen LogP contribution in [-0.2, 0) is 14.4 Å². The number of carbonyl (C=O) groups is 4. The molecule has 4 aliphatic rings. The van der Waals surface area contributed by atoms with E-state index in [-0.39, 0.29) is 29.1 Å². The van der Waals surface area contributed by atoms with Crippen molar-refractivity contribution in [1.82, 2.24) is 30.1 Å². The van der Waals surface area contributed by atoms with Gasteiger partial charge in [-0.2, -0.15) is 0 Å². The number of halogens is 1. The van der Waals surface area contributed by atoms with Crippen molar-refractivity contribution in [3.8, 4) is 0 Å². The molecule has 0 aliphatic carbocycles. The summed E-state index contributed by atoms with van der Waals surface area (Å²) in [5.41, 5.74) is 4.49. The third-order valence-electron chi connectivity index (χ3n) is 11.3. The lowest BCUT2D eigenvalue weighted by molar-refractivity contribution is -0.145. The van der Waals surface area contributed by atoms with Gasteiger partial charge in [-0.1, -0.05) is 47.2 Å². The lowest BCUT2D eigenvalue weighted by Crippen LogP contribution is -2.73. The van der Waals surface area contributed by atoms with E-state index in [1.807, 2.05) is 62.2 Å². The number of rotatable bonds is 12. The summed E-state index contributed by atoms with van der Waals surface area (Å²) in [5, 5.41) is 10.1. The molecule has 0 radical (unpaired) electrons. The van der Waals surface area contributed by atoms with Crippen molar-refractivity contribution < 1.29 is 19.2 Å². The van der Waals surface area contributed by atoms with Crippen LogP contribution in [0.15, 0.2) is 54.7 Å². The molecule has 2 aromatic heterocycles. The second kappa shape index (κ2) is 18.2. The number of aryl methyl sites for hydroxylation is 2. The number of benzene rings is 2. The van der Waals surface area contributed by atoms with E-state index in [1.165, 1.54) is 16.9 Å². The van der Waals surface area contributed by atoms with Gasteiger partial charge >= 0.3 is 0 Å². The van der Waals surface area contributed by atoms with Gasteiger partial charge in [-0.25, -0.2) is 15.0 Å². The molecule has 1 unspecified atom stereocenters. The smallest absolute Gasteiger partial charge is 0.234 e. The van der Waals surface area contributed by atoms with Gasteiger partial charge in [-0.15, -0.1) is 0 Å². The van der Waals surface area contributed by atoms with Gasteiger partial charge in [0.2, 0.25) is 17.7 Å². The Balaban J connectivity index is 0.000000449. The number of piperidine rings is 1. The molecule has 4 aliphatic heterocycles. The fourth-order valence-corrected chi connectivity index (χ4v) is 9.17. The maximum atomic E-state index is 12.9. The fourth-order valence-electron chi connectivity index (χ4n) is 8.22. The largest absolute Gasteiger partial charge is 0.387 e. The second-order valence-electron chi connectivity index (χ2n) is 15.6. The number of hydrogen-bond acceptors (Lipinski definition) is 13. The summed E-state index contributed by atoms with van der Waals surface area (Å²) in [6, 6.07) is 15.9. The molecule has 16 heteroatoms. The standard InChI is InChI=1S/C34H41N9O4S.C8H10ClN/c1-23-36-28(38-33-35-17-26(18-44)48-33)16-29(37-23)41-14-12-40(13-15-41)11-3-2-4-31(46)43-21-34(22-43)19-42(20-34)25-7-5-24(6-8-25)27-9-10-30(45)39-32(27)47;1-6-4-3-5-7(9)8(6)10-2/h5-8,16-18,27H,2-4,9-15,19-22H2,1H3,(H,39,45,47)(H,35,36,37,38);3-5,10H,1-2H3. The first-order chi connectivity index (χ1) is 28.0. The van der Waals surface area contributed by atoms with Crippen molar-refractivity contribution in [2.24, 2.45) is 5.41 Å². The highest BCUT2D eigenvalue weighted by molar-refractivity contribution is 7.17. The number of amides is 3. The van der Waals surface area contributed by atoms with Crippen molar-refractivity contribution in [3.63, 3.8) is 0 Å². The van der Waals surface area contributed by atoms with Gasteiger partial charge in [0.15, 0.2) is 11.4 Å². The van der Waals surface area contributed by atoms with E-state index in [1.54, 1.807) is 6.20 Å². The molecule has 2 aromatic carbocycles. The predicted molar refractivity (Wildman–Crippen MR) is 229 cm³/mol. The highest BCUT2D eigenvalue weighted by Crippen LogP contribution is 2.42. The fraction of sp³-hybridized carbons (Fsp3) is 0.452. The van der Waals surface area contributed by atoms with E-state index in [4.69, 9.17) is 11.6 Å². The average Bonchev–Trinajstić information content (AvgIpc) is 3.63. The molecule has 1 spiro atoms. The highest BCUT2D eigenvalue weighted by Gasteiger charge is 2.53. The lowest BCUT2D eigenvalue weighted by Gasteiger charge is -2.61. The third kappa shape index (κ3) is 9.76. The van der Waals surface area contributed by atoms with Gasteiger partial charge in [-0.05, 0) is 69.0 Å². The van der Waals surface area contributed by atoms with Crippen LogP contribution in [0.1, 0.15) is 64.6 Å². The monoisotopic (exact) mass is 826 g/mol. The molecule has 1 atom stereocenters. The molecule has 4 aromatic rings. The number of aldehydes is 1. The zero-order chi connectivity index (χ0) is 40.8. The number of aromatic nitrogens is 3. The van der Waals surface area contributed by atoms with E-state index in [0.29, 0.717) is 40.9 Å². The quantitative estimate of drug-likeness (QED) is 0.0919. The first-order valence-corrected chi connectivity index (χ1v) is 21.1. The van der Waals surface area contributed by atoms with Crippen LogP contribution in [0.3, 0.4) is 0 Å². The molecule has 0 bridgehead atoms. The Morgan fingerprint density at radius 3 is 2.41 bits per heavy atom. The summed E-state index contributed by atoms with van der Waals surface area (Å²) in [4.78, 5) is 70.5. The molecule has 8 rings (SSSR count). The van der Waals surface area contributed by atoms with E-state index < -0.39 is 0 Å². The van der Waals surface area contributed by atoms with Gasteiger partial charge in [-0.3, -0.25) is 29.4 Å². The van der Waals surface area contributed by atoms with Crippen LogP contribution in [0.4, 0.5) is 28.1 Å². The normalized spacial score (nSPS) is 18.8. The van der Waals surface area contributed by atoms with Crippen LogP contribution < -0.4 is 25.8 Å². The maximum absolute atomic E-state index is 12.9. The van der Waals surface area contributed by atoms with Gasteiger partial charge in [0.05, 0.1) is 27.7 Å². The number of para-hydroxylation sites is 1. The van der Waals surface area contributed by atoms with Crippen molar-refractivity contribution >= 4 is 75.1 Å². The number of nitrogens with one attached hydrogen (secondary N) is 3. The molecular weight excluding hydrogens is 776 g/mol. The van der Waals surface area contributed by atoms with Crippen LogP contribution in [0, 0.1) is 19.3 Å². The van der Waals surface area contributed by atoms with Crippen LogP contribution in [-0.4, -0.2) is 115 Å². The van der Waals surface area contributed by atoms with E-state index >= 15 is 0 Å². The van der Waals surface area contributed by atoms with Crippen LogP contribution in [0.25, 0.3) is 0 Å². The van der Waals surface area contributed by atoms with Gasteiger partial charge < -0.3 is 25.3 Å². The molecule has 14 nitrogen and oxygen atoms in total. The van der Waals surface area contributed by atoms with E-state index in [0.717, 1.165) is 106 Å². The Labute approximate surface area is 348 Å². The topological polar surface area (TPSA) is 156 Å². The Bertz CT molecular complexity index is 2090. The van der Waals surface area contributed by atoms with Crippen molar-refractivity contribution in [2.45, 2.75) is 51.9 Å². The average molecular weight is 827 g/mol. The van der Waals surface area contributed by atoms with Crippen molar-refractivity contribution in [1.29, 1.82) is 0 Å². The highest BCUT2D eigenvalue weighted by atomic mass is 35.5. The van der Waals surface area contributed by atoms with Gasteiger partial charge in [0.25, 0.3) is 0 Å². The Hall–Kier alpha value is -5.12.